The van der Waals surface area contributed by atoms with Crippen LogP contribution in [-0.4, -0.2) is 134 Å². The van der Waals surface area contributed by atoms with Gasteiger partial charge in [-0.05, 0) is 54.6 Å². The van der Waals surface area contributed by atoms with Crippen LogP contribution in [0.5, 0.6) is 11.5 Å². The molecule has 4 bridgehead atoms. The van der Waals surface area contributed by atoms with E-state index in [2.05, 4.69) is 33.5 Å². The highest BCUT2D eigenvalue weighted by atomic mass is 32.2. The largest absolute Gasteiger partial charge is 0.507 e. The Balaban J connectivity index is 1.66. The van der Waals surface area contributed by atoms with Gasteiger partial charge in [0.15, 0.2) is 11.6 Å². The number of benzene rings is 2. The first-order chi connectivity index (χ1) is 33.6. The molecule has 0 aromatic heterocycles. The minimum Gasteiger partial charge on any atom is -0.507 e. The average molecular weight is 1010 g/mol. The number of fused-ring (bicyclic) bond motifs is 5. The minimum atomic E-state index is -2.93. The summed E-state index contributed by atoms with van der Waals surface area (Å²) in [4.78, 5) is 109. The summed E-state index contributed by atoms with van der Waals surface area (Å²) in [6, 6.07) is 3.43. The van der Waals surface area contributed by atoms with E-state index in [1.807, 2.05) is 0 Å². The van der Waals surface area contributed by atoms with Crippen LogP contribution >= 0.6 is 0 Å². The molecule has 0 aliphatic carbocycles. The first-order valence-electron chi connectivity index (χ1n) is 24.9. The third kappa shape index (κ3) is 19.7. The molecule has 0 saturated heterocycles. The molecule has 0 spiro atoms. The Hall–Kier alpha value is -5.82. The minimum absolute atomic E-state index is 0.0801. The van der Waals surface area contributed by atoms with Gasteiger partial charge in [0.25, 0.3) is 5.91 Å². The van der Waals surface area contributed by atoms with Gasteiger partial charge in [-0.3, -0.25) is 43.1 Å². The monoisotopic (exact) mass is 1010 g/mol. The van der Waals surface area contributed by atoms with E-state index in [4.69, 9.17) is 0 Å². The van der Waals surface area contributed by atoms with E-state index in [0.29, 0.717) is 12.0 Å². The highest BCUT2D eigenvalue weighted by molar-refractivity contribution is 7.98. The smallest absolute Gasteiger partial charge is 0.250 e. The molecule has 1 unspecified atom stereocenters. The van der Waals surface area contributed by atoms with Crippen LogP contribution in [0.2, 0.25) is 0 Å². The van der Waals surface area contributed by atoms with E-state index < -0.39 is 107 Å². The number of carbonyl (C=O) groups is 8. The number of nitrogens with zero attached hydrogens (tertiary/aromatic N) is 2. The molecule has 18 nitrogen and oxygen atoms in total. The summed E-state index contributed by atoms with van der Waals surface area (Å²) in [5.74, 6) is -3.40. The van der Waals surface area contributed by atoms with Gasteiger partial charge in [0.1, 0.15) is 29.6 Å². The van der Waals surface area contributed by atoms with Gasteiger partial charge in [0.2, 0.25) is 29.5 Å². The molecule has 1 aliphatic rings. The average Bonchev–Trinajstić information content (AvgIpc) is 3.31. The number of ketones is 2. The number of unbranched alkanes of at least 4 members (excludes halogenated alkanes) is 12. The number of rotatable bonds is 27. The van der Waals surface area contributed by atoms with E-state index in [-0.39, 0.29) is 53.4 Å². The third-order valence-corrected chi connectivity index (χ3v) is 13.5. The van der Waals surface area contributed by atoms with Crippen LogP contribution in [0.25, 0.3) is 11.1 Å². The summed E-state index contributed by atoms with van der Waals surface area (Å²) in [7, 11) is -0.152. The predicted octanol–water partition coefficient (Wildman–Crippen LogP) is 4.55. The van der Waals surface area contributed by atoms with Crippen LogP contribution in [0.4, 0.5) is 0 Å². The number of phenolic OH excluding ortho intramolecular Hbond substituents is 2. The highest BCUT2D eigenvalue weighted by Crippen LogP contribution is 2.39. The number of likely N-dealkylation sites (N-methyl/N-ethyl adjacent to an activating group) is 2. The molecule has 1 aliphatic heterocycles. The van der Waals surface area contributed by atoms with Crippen molar-refractivity contribution in [3.8, 4) is 22.6 Å². The summed E-state index contributed by atoms with van der Waals surface area (Å²) in [5, 5.41) is 39.7. The Kier molecular flexibility index (Phi) is 24.7. The number of amides is 6. The van der Waals surface area contributed by atoms with Gasteiger partial charge in [-0.1, -0.05) is 103 Å². The first kappa shape index (κ1) is 59.5. The van der Waals surface area contributed by atoms with Gasteiger partial charge < -0.3 is 41.1 Å². The van der Waals surface area contributed by atoms with Crippen LogP contribution in [-0.2, 0) is 54.5 Å². The molecule has 1 heterocycles. The quantitative estimate of drug-likeness (QED) is 0.0480. The molecule has 71 heavy (non-hydrogen) atoms. The molecule has 6 atom stereocenters. The first-order valence-corrected chi connectivity index (χ1v) is 27.1. The second kappa shape index (κ2) is 29.5. The molecule has 2 aromatic rings. The zero-order chi connectivity index (χ0) is 52.8. The fourth-order valence-electron chi connectivity index (χ4n) is 8.51. The fourth-order valence-corrected chi connectivity index (χ4v) is 9.06. The molecular formula is C52H78N6O12S. The molecule has 2 aromatic carbocycles. The zero-order valence-corrected chi connectivity index (χ0v) is 43.3. The lowest BCUT2D eigenvalue weighted by Gasteiger charge is -2.30. The molecule has 19 heteroatoms. The van der Waals surface area contributed by atoms with E-state index >= 15 is 0 Å². The van der Waals surface area contributed by atoms with E-state index in [1.165, 1.54) is 133 Å². The summed E-state index contributed by atoms with van der Waals surface area (Å²) in [6.45, 7) is 3.84. The second-order valence-corrected chi connectivity index (χ2v) is 21.2. The Morgan fingerprint density at radius 2 is 1.37 bits per heavy atom. The molecule has 3 rings (SSSR count). The summed E-state index contributed by atoms with van der Waals surface area (Å²) < 4.78 is 14.1. The maximum atomic E-state index is 14.3. The maximum Gasteiger partial charge on any atom is 0.250 e. The Morgan fingerprint density at radius 3 is 1.94 bits per heavy atom. The van der Waals surface area contributed by atoms with Gasteiger partial charge in [0.05, 0.1) is 19.2 Å². The highest BCUT2D eigenvalue weighted by Gasteiger charge is 2.34. The normalized spacial score (nSPS) is 17.6. The van der Waals surface area contributed by atoms with Crippen molar-refractivity contribution in [1.82, 2.24) is 30.5 Å². The van der Waals surface area contributed by atoms with Crippen LogP contribution in [0, 0.1) is 5.92 Å². The van der Waals surface area contributed by atoms with Gasteiger partial charge in [0, 0.05) is 79.2 Å². The van der Waals surface area contributed by atoms with Crippen molar-refractivity contribution in [2.24, 2.45) is 5.92 Å². The number of nitrogens with one attached hydrogen (secondary N) is 4. The molecule has 0 radical (unpaired) electrons. The lowest BCUT2D eigenvalue weighted by molar-refractivity contribution is -0.142. The molecule has 394 valence electrons. The van der Waals surface area contributed by atoms with Gasteiger partial charge >= 0.3 is 0 Å². The van der Waals surface area contributed by atoms with Crippen LogP contribution < -0.4 is 20.7 Å². The van der Waals surface area contributed by atoms with Crippen molar-refractivity contribution < 1.29 is 57.9 Å². The summed E-state index contributed by atoms with van der Waals surface area (Å²) >= 11 is 0. The van der Waals surface area contributed by atoms with E-state index in [9.17, 15) is 57.9 Å². The SMILES string of the molecule is C=S(C)(=O)NC(=O)CNC(=O)[C@@H]1Cc2ccc(O)c(c2)-c2cc(ccc2O)[C@H](N(C)C(=O)CCC(=O)[C@@H](C)NC(=O)[C@@H](CO)N(C)C(=O)CCCCCCCCCCCCCCC)C(=O)C[C@@H](C)C(=O)N1. The summed E-state index contributed by atoms with van der Waals surface area (Å²) in [5.41, 5.74) is 0.822. The van der Waals surface area contributed by atoms with Crippen LogP contribution in [0.3, 0.4) is 0 Å². The van der Waals surface area contributed by atoms with Crippen molar-refractivity contribution in [3.05, 3.63) is 47.5 Å². The second-order valence-electron chi connectivity index (χ2n) is 19.0. The molecule has 7 N–H and O–H groups in total. The number of phenols is 2. The zero-order valence-electron chi connectivity index (χ0n) is 42.5. The van der Waals surface area contributed by atoms with Gasteiger partial charge in [-0.15, -0.1) is 0 Å². The van der Waals surface area contributed by atoms with Crippen molar-refractivity contribution in [1.29, 1.82) is 0 Å². The molecule has 0 saturated carbocycles. The standard InChI is InChI=1S/C52H78N6O12S/c1-8-9-10-11-12-13-14-15-16-17-18-19-20-21-47(65)57(4)41(33-59)52(69)54-35(3)42(60)26-27-48(66)58(5)49-37-23-25-44(62)39(31-37)38-29-36(22-24-43(38)61)30-40(55-50(67)34(2)28-45(49)63)51(68)53-32-46(64)56-71(6,7)70/h22-25,29,31,34-35,40-41,49,59,61-62H,6,8-21,26-28,30,32-33H2,1-5,7H3,(H,53,68)(H,54,69)(H,55,67)(H,56,64,70)/t34-,35-,40+,41-,49+,71?/m1/s1. The molecule has 6 amide bonds. The van der Waals surface area contributed by atoms with Gasteiger partial charge in [-0.25, -0.2) is 4.21 Å². The number of hydrogen-bond donors (Lipinski definition) is 7. The fraction of sp³-hybridized carbons (Fsp3) is 0.596. The Bertz CT molecular complexity index is 2290. The number of aromatic hydroxyl groups is 2. The van der Waals surface area contributed by atoms with Crippen molar-refractivity contribution in [2.45, 2.75) is 161 Å². The molecular weight excluding hydrogens is 933 g/mol. The third-order valence-electron chi connectivity index (χ3n) is 12.8. The lowest BCUT2D eigenvalue weighted by atomic mass is 9.89. The number of aliphatic hydroxyl groups excluding tert-OH is 1. The lowest BCUT2D eigenvalue weighted by Crippen LogP contribution is -2.53. The maximum absolute atomic E-state index is 14.3. The Labute approximate surface area is 419 Å². The van der Waals surface area contributed by atoms with Gasteiger partial charge in [-0.2, -0.15) is 0 Å². The van der Waals surface area contributed by atoms with Crippen molar-refractivity contribution in [3.63, 3.8) is 0 Å². The summed E-state index contributed by atoms with van der Waals surface area (Å²) in [6.07, 6.45) is 15.2. The molecule has 0 fully saturated rings. The van der Waals surface area contributed by atoms with Crippen LogP contribution in [0.15, 0.2) is 36.4 Å². The van der Waals surface area contributed by atoms with Crippen molar-refractivity contribution in [2.75, 3.05) is 33.5 Å². The van der Waals surface area contributed by atoms with E-state index in [0.717, 1.165) is 24.2 Å². The van der Waals surface area contributed by atoms with Crippen LogP contribution in [0.1, 0.15) is 147 Å². The number of Topliss-reactive ketones (excluding diaryl/α,β-unsaturated/α-hetero) is 2. The topological polar surface area (TPSA) is 269 Å². The number of carbonyl (C=O) groups excluding carboxylic acids is 8. The Morgan fingerprint density at radius 1 is 0.803 bits per heavy atom. The number of aliphatic hydroxyl groups is 1. The van der Waals surface area contributed by atoms with Crippen molar-refractivity contribution >= 4 is 62.6 Å². The number of hydrogen-bond acceptors (Lipinski definition) is 12. The van der Waals surface area contributed by atoms with E-state index in [1.54, 1.807) is 0 Å². The predicted molar refractivity (Wildman–Crippen MR) is 273 cm³/mol.